The van der Waals surface area contributed by atoms with Gasteiger partial charge in [-0.1, -0.05) is 39.8 Å². The predicted molar refractivity (Wildman–Crippen MR) is 120 cm³/mol. The molecule has 0 spiro atoms. The second-order valence-corrected chi connectivity index (χ2v) is 9.83. The first-order valence-corrected chi connectivity index (χ1v) is 10.7. The molecule has 0 saturated carbocycles. The van der Waals surface area contributed by atoms with E-state index in [-0.39, 0.29) is 10.8 Å². The molecule has 0 bridgehead atoms. The predicted octanol–water partition coefficient (Wildman–Crippen LogP) is 4.61. The molecule has 5 heteroatoms. The van der Waals surface area contributed by atoms with Crippen molar-refractivity contribution in [2.24, 2.45) is 0 Å². The zero-order chi connectivity index (χ0) is 20.8. The summed E-state index contributed by atoms with van der Waals surface area (Å²) in [7, 11) is 0. The second kappa shape index (κ2) is 7.12. The van der Waals surface area contributed by atoms with Gasteiger partial charge in [0, 0.05) is 37.9 Å². The van der Waals surface area contributed by atoms with Crippen LogP contribution in [0.2, 0.25) is 0 Å². The maximum absolute atomic E-state index is 7.82. The Bertz CT molecular complexity index is 923. The van der Waals surface area contributed by atoms with Crippen LogP contribution in [0, 0.1) is 5.41 Å². The first-order valence-electron chi connectivity index (χ1n) is 10.7. The topological polar surface area (TPSA) is 56.1 Å². The molecule has 1 aliphatic heterocycles. The summed E-state index contributed by atoms with van der Waals surface area (Å²) in [6.07, 6.45) is 4.31. The standard InChI is InChI=1S/C24H33N5/c1-17(25)28-12-14-29(15-13-28)22-26-11-8-21(27-22)18-6-7-19-20(16-18)24(4,5)10-9-23(19,2)3/h6-8,11,16,25H,9-10,12-15H2,1-5H3. The highest BCUT2D eigenvalue weighted by molar-refractivity contribution is 5.76. The van der Waals surface area contributed by atoms with Gasteiger partial charge in [-0.3, -0.25) is 5.41 Å². The molecule has 0 amide bonds. The van der Waals surface area contributed by atoms with Crippen molar-refractivity contribution in [1.29, 1.82) is 5.41 Å². The van der Waals surface area contributed by atoms with Crippen LogP contribution in [-0.4, -0.2) is 46.9 Å². The van der Waals surface area contributed by atoms with Crippen LogP contribution in [0.3, 0.4) is 0 Å². The van der Waals surface area contributed by atoms with Gasteiger partial charge < -0.3 is 9.80 Å². The lowest BCUT2D eigenvalue weighted by Crippen LogP contribution is -2.48. The Balaban J connectivity index is 1.64. The fourth-order valence-electron chi connectivity index (χ4n) is 4.65. The number of aromatic nitrogens is 2. The highest BCUT2D eigenvalue weighted by atomic mass is 15.3. The molecule has 1 aromatic carbocycles. The molecule has 0 atom stereocenters. The van der Waals surface area contributed by atoms with E-state index in [1.165, 1.54) is 29.5 Å². The first kappa shape index (κ1) is 19.9. The lowest BCUT2D eigenvalue weighted by atomic mass is 9.63. The molecule has 1 aliphatic carbocycles. The number of nitrogens with one attached hydrogen (secondary N) is 1. The molecule has 154 valence electrons. The molecule has 29 heavy (non-hydrogen) atoms. The van der Waals surface area contributed by atoms with Crippen molar-refractivity contribution in [3.63, 3.8) is 0 Å². The van der Waals surface area contributed by atoms with Crippen LogP contribution in [0.4, 0.5) is 5.95 Å². The Morgan fingerprint density at radius 3 is 2.24 bits per heavy atom. The van der Waals surface area contributed by atoms with Crippen molar-refractivity contribution in [3.05, 3.63) is 41.6 Å². The summed E-state index contributed by atoms with van der Waals surface area (Å²) in [6, 6.07) is 8.92. The van der Waals surface area contributed by atoms with Gasteiger partial charge in [0.25, 0.3) is 0 Å². The van der Waals surface area contributed by atoms with Crippen LogP contribution in [0.25, 0.3) is 11.3 Å². The first-order chi connectivity index (χ1) is 13.7. The summed E-state index contributed by atoms with van der Waals surface area (Å²) in [5.74, 6) is 1.43. The van der Waals surface area contributed by atoms with E-state index in [9.17, 15) is 0 Å². The Labute approximate surface area is 174 Å². The molecule has 1 aromatic heterocycles. The van der Waals surface area contributed by atoms with Gasteiger partial charge in [0.1, 0.15) is 0 Å². The van der Waals surface area contributed by atoms with E-state index < -0.39 is 0 Å². The van der Waals surface area contributed by atoms with Crippen LogP contribution in [0.15, 0.2) is 30.5 Å². The molecule has 0 radical (unpaired) electrons. The summed E-state index contributed by atoms with van der Waals surface area (Å²) in [4.78, 5) is 13.8. The third-order valence-electron chi connectivity index (χ3n) is 6.83. The number of hydrogen-bond donors (Lipinski definition) is 1. The summed E-state index contributed by atoms with van der Waals surface area (Å²) >= 11 is 0. The van der Waals surface area contributed by atoms with E-state index >= 15 is 0 Å². The summed E-state index contributed by atoms with van der Waals surface area (Å²) in [5, 5.41) is 7.82. The number of fused-ring (bicyclic) bond motifs is 1. The largest absolute Gasteiger partial charge is 0.357 e. The average molecular weight is 392 g/mol. The van der Waals surface area contributed by atoms with E-state index in [4.69, 9.17) is 10.4 Å². The average Bonchev–Trinajstić information content (AvgIpc) is 2.71. The smallest absolute Gasteiger partial charge is 0.225 e. The lowest BCUT2D eigenvalue weighted by molar-refractivity contribution is 0.332. The molecule has 2 heterocycles. The normalized spacial score (nSPS) is 20.3. The maximum atomic E-state index is 7.82. The number of anilines is 1. The molecule has 0 unspecified atom stereocenters. The van der Waals surface area contributed by atoms with Crippen molar-refractivity contribution in [2.75, 3.05) is 31.1 Å². The number of hydrogen-bond acceptors (Lipinski definition) is 4. The molecule has 5 nitrogen and oxygen atoms in total. The molecule has 1 N–H and O–H groups in total. The summed E-state index contributed by atoms with van der Waals surface area (Å²) in [6.45, 7) is 14.7. The minimum atomic E-state index is 0.192. The van der Waals surface area contributed by atoms with E-state index in [1.54, 1.807) is 0 Å². The Morgan fingerprint density at radius 1 is 0.931 bits per heavy atom. The Hall–Kier alpha value is -2.43. The van der Waals surface area contributed by atoms with Gasteiger partial charge in [0.05, 0.1) is 11.5 Å². The molecular formula is C24H33N5. The fraction of sp³-hybridized carbons (Fsp3) is 0.542. The van der Waals surface area contributed by atoms with Gasteiger partial charge in [0.2, 0.25) is 5.95 Å². The van der Waals surface area contributed by atoms with Crippen LogP contribution in [-0.2, 0) is 10.8 Å². The fourth-order valence-corrected chi connectivity index (χ4v) is 4.65. The van der Waals surface area contributed by atoms with E-state index in [2.05, 4.69) is 60.7 Å². The van der Waals surface area contributed by atoms with E-state index in [0.29, 0.717) is 5.84 Å². The van der Waals surface area contributed by atoms with Crippen LogP contribution < -0.4 is 4.90 Å². The van der Waals surface area contributed by atoms with Crippen molar-refractivity contribution >= 4 is 11.8 Å². The molecule has 2 aromatic rings. The van der Waals surface area contributed by atoms with Gasteiger partial charge in [-0.15, -0.1) is 0 Å². The van der Waals surface area contributed by atoms with Gasteiger partial charge in [-0.05, 0) is 53.9 Å². The van der Waals surface area contributed by atoms with Crippen LogP contribution in [0.1, 0.15) is 58.6 Å². The quantitative estimate of drug-likeness (QED) is 0.600. The number of benzene rings is 1. The summed E-state index contributed by atoms with van der Waals surface area (Å²) in [5.41, 5.74) is 5.52. The van der Waals surface area contributed by atoms with Gasteiger partial charge in [-0.25, -0.2) is 9.97 Å². The van der Waals surface area contributed by atoms with Crippen LogP contribution in [0.5, 0.6) is 0 Å². The van der Waals surface area contributed by atoms with E-state index in [0.717, 1.165) is 37.8 Å². The number of piperazine rings is 1. The van der Waals surface area contributed by atoms with Gasteiger partial charge >= 0.3 is 0 Å². The second-order valence-electron chi connectivity index (χ2n) is 9.83. The summed E-state index contributed by atoms with van der Waals surface area (Å²) < 4.78 is 0. The van der Waals surface area contributed by atoms with E-state index in [1.807, 2.05) is 19.2 Å². The minimum Gasteiger partial charge on any atom is -0.357 e. The highest BCUT2D eigenvalue weighted by Crippen LogP contribution is 2.46. The maximum Gasteiger partial charge on any atom is 0.225 e. The third-order valence-corrected chi connectivity index (χ3v) is 6.83. The lowest BCUT2D eigenvalue weighted by Gasteiger charge is -2.42. The number of amidine groups is 1. The molecular weight excluding hydrogens is 358 g/mol. The van der Waals surface area contributed by atoms with Crippen LogP contribution >= 0.6 is 0 Å². The van der Waals surface area contributed by atoms with Crippen molar-refractivity contribution in [2.45, 2.75) is 58.3 Å². The highest BCUT2D eigenvalue weighted by Gasteiger charge is 2.37. The van der Waals surface area contributed by atoms with Gasteiger partial charge in [0.15, 0.2) is 0 Å². The zero-order valence-corrected chi connectivity index (χ0v) is 18.4. The van der Waals surface area contributed by atoms with Crippen molar-refractivity contribution < 1.29 is 0 Å². The van der Waals surface area contributed by atoms with Crippen molar-refractivity contribution in [1.82, 2.24) is 14.9 Å². The Morgan fingerprint density at radius 2 is 1.59 bits per heavy atom. The molecule has 4 rings (SSSR count). The van der Waals surface area contributed by atoms with Gasteiger partial charge in [-0.2, -0.15) is 0 Å². The number of rotatable bonds is 2. The third kappa shape index (κ3) is 3.75. The molecule has 1 saturated heterocycles. The Kier molecular flexibility index (Phi) is 4.88. The molecule has 1 fully saturated rings. The SMILES string of the molecule is CC(=N)N1CCN(c2nccc(-c3ccc4c(c3)C(C)(C)CCC4(C)C)n2)CC1. The number of nitrogens with zero attached hydrogens (tertiary/aromatic N) is 4. The zero-order valence-electron chi connectivity index (χ0n) is 18.4. The van der Waals surface area contributed by atoms with Crippen molar-refractivity contribution in [3.8, 4) is 11.3 Å². The minimum absolute atomic E-state index is 0.192. The monoisotopic (exact) mass is 391 g/mol. The molecule has 2 aliphatic rings.